The molecule has 0 unspecified atom stereocenters. The Morgan fingerprint density at radius 1 is 1.35 bits per heavy atom. The fourth-order valence-corrected chi connectivity index (χ4v) is 1.35. The van der Waals surface area contributed by atoms with E-state index in [0.29, 0.717) is 5.56 Å². The van der Waals surface area contributed by atoms with Crippen molar-refractivity contribution < 1.29 is 14.8 Å². The molecule has 0 heterocycles. The van der Waals surface area contributed by atoms with Crippen molar-refractivity contribution in [3.05, 3.63) is 45.5 Å². The van der Waals surface area contributed by atoms with Crippen LogP contribution < -0.4 is 0 Å². The van der Waals surface area contributed by atoms with Gasteiger partial charge < -0.3 is 5.11 Å². The molecular weight excluding hydrogens is 222 g/mol. The number of hydrogen-bond donors (Lipinski definition) is 1. The lowest BCUT2D eigenvalue weighted by Gasteiger charge is -2.05. The van der Waals surface area contributed by atoms with E-state index in [-0.39, 0.29) is 17.2 Å². The maximum absolute atomic E-state index is 10.9. The molecule has 0 fully saturated rings. The van der Waals surface area contributed by atoms with Crippen LogP contribution in [-0.4, -0.2) is 16.0 Å². The Hall–Kier alpha value is -2.17. The first kappa shape index (κ1) is 12.9. The van der Waals surface area contributed by atoms with Crippen molar-refractivity contribution in [1.82, 2.24) is 0 Å². The summed E-state index contributed by atoms with van der Waals surface area (Å²) < 4.78 is 0. The van der Waals surface area contributed by atoms with Crippen LogP contribution in [0.2, 0.25) is 0 Å². The number of nitro benzene ring substituents is 1. The lowest BCUT2D eigenvalue weighted by atomic mass is 10.0. The lowest BCUT2D eigenvalue weighted by molar-refractivity contribution is -0.384. The average molecular weight is 235 g/mol. The number of benzene rings is 1. The molecule has 1 aromatic rings. The largest absolute Gasteiger partial charge is 0.478 e. The average Bonchev–Trinajstić information content (AvgIpc) is 2.25. The lowest BCUT2D eigenvalue weighted by Crippen LogP contribution is -2.06. The molecule has 0 saturated carbocycles. The number of carboxylic acid groups (broad SMARTS) is 1. The van der Waals surface area contributed by atoms with Crippen LogP contribution >= 0.6 is 0 Å². The molecule has 0 saturated heterocycles. The van der Waals surface area contributed by atoms with Gasteiger partial charge in [-0.2, -0.15) is 0 Å². The number of rotatable bonds is 4. The summed E-state index contributed by atoms with van der Waals surface area (Å²) in [5.41, 5.74) is 0.907. The molecule has 5 nitrogen and oxygen atoms in total. The van der Waals surface area contributed by atoms with Gasteiger partial charge in [0.1, 0.15) is 0 Å². The normalized spacial score (nSPS) is 11.6. The first-order valence-corrected chi connectivity index (χ1v) is 5.11. The van der Waals surface area contributed by atoms with Crippen LogP contribution in [0.25, 0.3) is 6.08 Å². The second-order valence-electron chi connectivity index (χ2n) is 3.91. The fraction of sp³-hybridized carbons (Fsp3) is 0.250. The molecule has 0 aliphatic rings. The Bertz CT molecular complexity index is 460. The van der Waals surface area contributed by atoms with Crippen LogP contribution in [0.15, 0.2) is 29.8 Å². The SMILES string of the molecule is CC(C)C(=Cc1ccc([N+](=O)[O-])cc1)C(=O)O. The summed E-state index contributed by atoms with van der Waals surface area (Å²) in [5.74, 6) is -1.08. The summed E-state index contributed by atoms with van der Waals surface area (Å²) in [7, 11) is 0. The number of hydrogen-bond acceptors (Lipinski definition) is 3. The van der Waals surface area contributed by atoms with Crippen LogP contribution in [0.5, 0.6) is 0 Å². The van der Waals surface area contributed by atoms with Gasteiger partial charge in [-0.25, -0.2) is 4.79 Å². The molecule has 0 bridgehead atoms. The highest BCUT2D eigenvalue weighted by Gasteiger charge is 2.12. The van der Waals surface area contributed by atoms with Crippen molar-refractivity contribution in [2.75, 3.05) is 0 Å². The second kappa shape index (κ2) is 5.25. The molecule has 90 valence electrons. The summed E-state index contributed by atoms with van der Waals surface area (Å²) in [5, 5.41) is 19.4. The standard InChI is InChI=1S/C12H13NO4/c1-8(2)11(12(14)15)7-9-3-5-10(6-4-9)13(16)17/h3-8H,1-2H3,(H,14,15). The molecule has 1 rings (SSSR count). The molecule has 0 amide bonds. The molecular formula is C12H13NO4. The van der Waals surface area contributed by atoms with Gasteiger partial charge in [0, 0.05) is 17.7 Å². The van der Waals surface area contributed by atoms with Crippen LogP contribution in [0.1, 0.15) is 19.4 Å². The zero-order chi connectivity index (χ0) is 13.0. The third kappa shape index (κ3) is 3.41. The fourth-order valence-electron chi connectivity index (χ4n) is 1.35. The van der Waals surface area contributed by atoms with Crippen molar-refractivity contribution in [1.29, 1.82) is 0 Å². The third-order valence-corrected chi connectivity index (χ3v) is 2.30. The van der Waals surface area contributed by atoms with E-state index in [1.165, 1.54) is 30.3 Å². The minimum absolute atomic E-state index is 0.0106. The smallest absolute Gasteiger partial charge is 0.331 e. The van der Waals surface area contributed by atoms with Gasteiger partial charge in [-0.1, -0.05) is 13.8 Å². The summed E-state index contributed by atoms with van der Waals surface area (Å²) in [6, 6.07) is 5.77. The predicted molar refractivity (Wildman–Crippen MR) is 63.5 cm³/mol. The van der Waals surface area contributed by atoms with Gasteiger partial charge in [-0.05, 0) is 29.7 Å². The first-order chi connectivity index (χ1) is 7.91. The minimum Gasteiger partial charge on any atom is -0.478 e. The molecule has 5 heteroatoms. The Morgan fingerprint density at radius 2 is 1.88 bits per heavy atom. The Kier molecular flexibility index (Phi) is 3.98. The van der Waals surface area contributed by atoms with E-state index in [9.17, 15) is 14.9 Å². The maximum atomic E-state index is 10.9. The molecule has 1 aromatic carbocycles. The van der Waals surface area contributed by atoms with E-state index in [1.54, 1.807) is 13.8 Å². The summed E-state index contributed by atoms with van der Waals surface area (Å²) in [6.07, 6.45) is 1.52. The van der Waals surface area contributed by atoms with Crippen LogP contribution in [0.4, 0.5) is 5.69 Å². The molecule has 0 radical (unpaired) electrons. The van der Waals surface area contributed by atoms with Gasteiger partial charge in [-0.15, -0.1) is 0 Å². The van der Waals surface area contributed by atoms with E-state index in [0.717, 1.165) is 0 Å². The van der Waals surface area contributed by atoms with Gasteiger partial charge in [0.05, 0.1) is 4.92 Å². The van der Waals surface area contributed by atoms with E-state index in [4.69, 9.17) is 5.11 Å². The van der Waals surface area contributed by atoms with Crippen molar-refractivity contribution in [2.45, 2.75) is 13.8 Å². The Morgan fingerprint density at radius 3 is 2.24 bits per heavy atom. The van der Waals surface area contributed by atoms with Crippen LogP contribution in [-0.2, 0) is 4.79 Å². The summed E-state index contributed by atoms with van der Waals surface area (Å²) >= 11 is 0. The second-order valence-corrected chi connectivity index (χ2v) is 3.91. The monoisotopic (exact) mass is 235 g/mol. The van der Waals surface area contributed by atoms with Crippen molar-refractivity contribution in [2.24, 2.45) is 5.92 Å². The van der Waals surface area contributed by atoms with E-state index < -0.39 is 10.9 Å². The van der Waals surface area contributed by atoms with Crippen LogP contribution in [0.3, 0.4) is 0 Å². The number of carbonyl (C=O) groups is 1. The van der Waals surface area contributed by atoms with Gasteiger partial charge >= 0.3 is 5.97 Å². The van der Waals surface area contributed by atoms with Gasteiger partial charge in [-0.3, -0.25) is 10.1 Å². The van der Waals surface area contributed by atoms with Crippen LogP contribution in [0, 0.1) is 16.0 Å². The molecule has 17 heavy (non-hydrogen) atoms. The van der Waals surface area contributed by atoms with Crippen molar-refractivity contribution in [3.63, 3.8) is 0 Å². The Labute approximate surface area is 98.5 Å². The zero-order valence-electron chi connectivity index (χ0n) is 9.58. The predicted octanol–water partition coefficient (Wildman–Crippen LogP) is 2.72. The molecule has 0 spiro atoms. The summed E-state index contributed by atoms with van der Waals surface area (Å²) in [4.78, 5) is 20.9. The van der Waals surface area contributed by atoms with Gasteiger partial charge in [0.25, 0.3) is 5.69 Å². The highest BCUT2D eigenvalue weighted by atomic mass is 16.6. The van der Waals surface area contributed by atoms with Gasteiger partial charge in [0.2, 0.25) is 0 Å². The quantitative estimate of drug-likeness (QED) is 0.494. The molecule has 0 aliphatic carbocycles. The third-order valence-electron chi connectivity index (χ3n) is 2.30. The first-order valence-electron chi connectivity index (χ1n) is 5.11. The molecule has 1 N–H and O–H groups in total. The highest BCUT2D eigenvalue weighted by Crippen LogP contribution is 2.17. The van der Waals surface area contributed by atoms with Crippen molar-refractivity contribution >= 4 is 17.7 Å². The molecule has 0 aliphatic heterocycles. The number of carboxylic acids is 1. The molecule has 0 atom stereocenters. The topological polar surface area (TPSA) is 80.4 Å². The van der Waals surface area contributed by atoms with Gasteiger partial charge in [0.15, 0.2) is 0 Å². The number of nitrogens with zero attached hydrogens (tertiary/aromatic N) is 1. The number of non-ortho nitro benzene ring substituents is 1. The number of aliphatic carboxylic acids is 1. The number of nitro groups is 1. The Balaban J connectivity index is 3.05. The minimum atomic E-state index is -0.974. The van der Waals surface area contributed by atoms with E-state index >= 15 is 0 Å². The maximum Gasteiger partial charge on any atom is 0.331 e. The highest BCUT2D eigenvalue weighted by molar-refractivity contribution is 5.92. The van der Waals surface area contributed by atoms with E-state index in [2.05, 4.69) is 0 Å². The summed E-state index contributed by atoms with van der Waals surface area (Å²) in [6.45, 7) is 3.57. The van der Waals surface area contributed by atoms with Crippen molar-refractivity contribution in [3.8, 4) is 0 Å². The zero-order valence-corrected chi connectivity index (χ0v) is 9.58. The van der Waals surface area contributed by atoms with E-state index in [1.807, 2.05) is 0 Å². The molecule has 0 aromatic heterocycles.